The van der Waals surface area contributed by atoms with Crippen molar-refractivity contribution in [2.24, 2.45) is 4.99 Å². The summed E-state index contributed by atoms with van der Waals surface area (Å²) in [6.07, 6.45) is 5.16. The molecule has 0 heterocycles. The van der Waals surface area contributed by atoms with Gasteiger partial charge in [-0.2, -0.15) is 0 Å². The number of hydrogen-bond donors (Lipinski definition) is 2. The summed E-state index contributed by atoms with van der Waals surface area (Å²) in [5, 5.41) is 6.86. The van der Waals surface area contributed by atoms with Gasteiger partial charge in [0, 0.05) is 19.6 Å². The summed E-state index contributed by atoms with van der Waals surface area (Å²) in [6, 6.07) is 6.83. The highest BCUT2D eigenvalue weighted by molar-refractivity contribution is 14.0. The van der Waals surface area contributed by atoms with Gasteiger partial charge in [-0.15, -0.1) is 24.0 Å². The predicted octanol–water partition coefficient (Wildman–Crippen LogP) is 3.23. The summed E-state index contributed by atoms with van der Waals surface area (Å²) in [6.45, 7) is 2.84. The third-order valence-electron chi connectivity index (χ3n) is 3.84. The molecule has 4 nitrogen and oxygen atoms in total. The summed E-state index contributed by atoms with van der Waals surface area (Å²) < 4.78 is 5.28. The van der Waals surface area contributed by atoms with Gasteiger partial charge in [-0.05, 0) is 37.0 Å². The average molecular weight is 403 g/mol. The number of rotatable bonds is 4. The number of aryl methyl sites for hydroxylation is 1. The highest BCUT2D eigenvalue weighted by Crippen LogP contribution is 2.19. The molecule has 1 aliphatic carbocycles. The van der Waals surface area contributed by atoms with Crippen molar-refractivity contribution in [3.05, 3.63) is 29.3 Å². The Labute approximate surface area is 144 Å². The van der Waals surface area contributed by atoms with Crippen LogP contribution in [-0.4, -0.2) is 26.2 Å². The first-order valence-corrected chi connectivity index (χ1v) is 7.33. The van der Waals surface area contributed by atoms with Gasteiger partial charge in [0.05, 0.1) is 7.11 Å². The van der Waals surface area contributed by atoms with E-state index in [4.69, 9.17) is 4.74 Å². The Hall–Kier alpha value is -0.980. The first-order chi connectivity index (χ1) is 9.72. The molecule has 5 heteroatoms. The van der Waals surface area contributed by atoms with E-state index < -0.39 is 0 Å². The summed E-state index contributed by atoms with van der Waals surface area (Å²) in [5.74, 6) is 1.83. The molecule has 0 atom stereocenters. The second-order valence-corrected chi connectivity index (χ2v) is 5.36. The number of halogens is 1. The molecule has 1 aromatic rings. The van der Waals surface area contributed by atoms with Crippen molar-refractivity contribution < 1.29 is 4.74 Å². The molecule has 0 radical (unpaired) electrons. The molecule has 0 unspecified atom stereocenters. The fourth-order valence-corrected chi connectivity index (χ4v) is 2.69. The predicted molar refractivity (Wildman–Crippen MR) is 98.7 cm³/mol. The van der Waals surface area contributed by atoms with Crippen LogP contribution in [0, 0.1) is 6.92 Å². The SMILES string of the molecule is CN=C(NCc1ccc(OC)c(C)c1)NC1CCCC1.I. The molecule has 0 amide bonds. The van der Waals surface area contributed by atoms with E-state index in [2.05, 4.69) is 34.7 Å². The molecular formula is C16H26IN3O. The number of nitrogens with one attached hydrogen (secondary N) is 2. The Kier molecular flexibility index (Phi) is 7.85. The maximum absolute atomic E-state index is 5.28. The molecule has 0 saturated heterocycles. The average Bonchev–Trinajstić information content (AvgIpc) is 2.96. The van der Waals surface area contributed by atoms with Crippen molar-refractivity contribution in [1.29, 1.82) is 0 Å². The number of ether oxygens (including phenoxy) is 1. The maximum atomic E-state index is 5.28. The van der Waals surface area contributed by atoms with Gasteiger partial charge in [-0.25, -0.2) is 0 Å². The molecule has 1 fully saturated rings. The Bertz CT molecular complexity index is 471. The van der Waals surface area contributed by atoms with Gasteiger partial charge in [0.15, 0.2) is 5.96 Å². The summed E-state index contributed by atoms with van der Waals surface area (Å²) >= 11 is 0. The standard InChI is InChI=1S/C16H25N3O.HI/c1-12-10-13(8-9-15(12)20-3)11-18-16(17-2)19-14-6-4-5-7-14;/h8-10,14H,4-7,11H2,1-3H3,(H2,17,18,19);1H. The second-order valence-electron chi connectivity index (χ2n) is 5.36. The molecule has 1 aromatic carbocycles. The van der Waals surface area contributed by atoms with Crippen molar-refractivity contribution in [2.45, 2.75) is 45.2 Å². The van der Waals surface area contributed by atoms with Crippen LogP contribution in [0.2, 0.25) is 0 Å². The zero-order chi connectivity index (χ0) is 14.4. The number of hydrogen-bond acceptors (Lipinski definition) is 2. The molecule has 1 aliphatic rings. The zero-order valence-corrected chi connectivity index (χ0v) is 15.4. The Morgan fingerprint density at radius 2 is 2.05 bits per heavy atom. The van der Waals surface area contributed by atoms with Crippen molar-refractivity contribution in [2.75, 3.05) is 14.2 Å². The highest BCUT2D eigenvalue weighted by atomic mass is 127. The second kappa shape index (κ2) is 9.12. The minimum atomic E-state index is 0. The quantitative estimate of drug-likeness (QED) is 0.461. The van der Waals surface area contributed by atoms with Crippen LogP contribution in [0.5, 0.6) is 5.75 Å². The van der Waals surface area contributed by atoms with Crippen LogP contribution < -0.4 is 15.4 Å². The molecule has 0 bridgehead atoms. The van der Waals surface area contributed by atoms with E-state index in [0.29, 0.717) is 6.04 Å². The molecule has 0 spiro atoms. The van der Waals surface area contributed by atoms with E-state index in [1.807, 2.05) is 13.1 Å². The van der Waals surface area contributed by atoms with Crippen molar-refractivity contribution in [1.82, 2.24) is 10.6 Å². The smallest absolute Gasteiger partial charge is 0.191 e. The van der Waals surface area contributed by atoms with Crippen LogP contribution in [0.3, 0.4) is 0 Å². The largest absolute Gasteiger partial charge is 0.496 e. The maximum Gasteiger partial charge on any atom is 0.191 e. The van der Waals surface area contributed by atoms with Gasteiger partial charge in [0.1, 0.15) is 5.75 Å². The van der Waals surface area contributed by atoms with Crippen molar-refractivity contribution >= 4 is 29.9 Å². The van der Waals surface area contributed by atoms with Crippen LogP contribution in [0.15, 0.2) is 23.2 Å². The van der Waals surface area contributed by atoms with Crippen molar-refractivity contribution in [3.63, 3.8) is 0 Å². The minimum Gasteiger partial charge on any atom is -0.496 e. The number of aliphatic imine (C=N–C) groups is 1. The van der Waals surface area contributed by atoms with Gasteiger partial charge in [0.25, 0.3) is 0 Å². The molecule has 118 valence electrons. The molecule has 0 aromatic heterocycles. The highest BCUT2D eigenvalue weighted by Gasteiger charge is 2.15. The number of methoxy groups -OCH3 is 1. The lowest BCUT2D eigenvalue weighted by atomic mass is 10.1. The fourth-order valence-electron chi connectivity index (χ4n) is 2.69. The molecule has 2 rings (SSSR count). The normalized spacial score (nSPS) is 15.5. The zero-order valence-electron chi connectivity index (χ0n) is 13.1. The van der Waals surface area contributed by atoms with Gasteiger partial charge in [-0.3, -0.25) is 4.99 Å². The van der Waals surface area contributed by atoms with E-state index >= 15 is 0 Å². The summed E-state index contributed by atoms with van der Waals surface area (Å²) in [5.41, 5.74) is 2.39. The molecule has 1 saturated carbocycles. The number of benzene rings is 1. The van der Waals surface area contributed by atoms with E-state index in [0.717, 1.165) is 23.8 Å². The van der Waals surface area contributed by atoms with E-state index in [1.54, 1.807) is 7.11 Å². The lowest BCUT2D eigenvalue weighted by Gasteiger charge is -2.17. The molecule has 21 heavy (non-hydrogen) atoms. The van der Waals surface area contributed by atoms with Crippen LogP contribution in [0.25, 0.3) is 0 Å². The van der Waals surface area contributed by atoms with E-state index in [-0.39, 0.29) is 24.0 Å². The van der Waals surface area contributed by atoms with Gasteiger partial charge in [-0.1, -0.05) is 25.0 Å². The first-order valence-electron chi connectivity index (χ1n) is 7.33. The Morgan fingerprint density at radius 1 is 1.33 bits per heavy atom. The number of guanidine groups is 1. The molecule has 0 aliphatic heterocycles. The van der Waals surface area contributed by atoms with Crippen molar-refractivity contribution in [3.8, 4) is 5.75 Å². The number of nitrogens with zero attached hydrogens (tertiary/aromatic N) is 1. The van der Waals surface area contributed by atoms with Gasteiger partial charge >= 0.3 is 0 Å². The lowest BCUT2D eigenvalue weighted by molar-refractivity contribution is 0.411. The van der Waals surface area contributed by atoms with Gasteiger partial charge < -0.3 is 15.4 Å². The van der Waals surface area contributed by atoms with E-state index in [9.17, 15) is 0 Å². The van der Waals surface area contributed by atoms with Crippen LogP contribution in [0.1, 0.15) is 36.8 Å². The third kappa shape index (κ3) is 5.37. The third-order valence-corrected chi connectivity index (χ3v) is 3.84. The molecular weight excluding hydrogens is 377 g/mol. The van der Waals surface area contributed by atoms with Crippen LogP contribution in [-0.2, 0) is 6.54 Å². The Morgan fingerprint density at radius 3 is 2.62 bits per heavy atom. The summed E-state index contributed by atoms with van der Waals surface area (Å²) in [7, 11) is 3.52. The minimum absolute atomic E-state index is 0. The van der Waals surface area contributed by atoms with Crippen LogP contribution in [0.4, 0.5) is 0 Å². The van der Waals surface area contributed by atoms with Gasteiger partial charge in [0.2, 0.25) is 0 Å². The summed E-state index contributed by atoms with van der Waals surface area (Å²) in [4.78, 5) is 4.29. The van der Waals surface area contributed by atoms with E-state index in [1.165, 1.54) is 31.2 Å². The monoisotopic (exact) mass is 403 g/mol. The molecule has 2 N–H and O–H groups in total. The Balaban J connectivity index is 0.00000220. The topological polar surface area (TPSA) is 45.7 Å². The fraction of sp³-hybridized carbons (Fsp3) is 0.562. The first kappa shape index (κ1) is 18.1. The van der Waals surface area contributed by atoms with Crippen LogP contribution >= 0.6 is 24.0 Å². The lowest BCUT2D eigenvalue weighted by Crippen LogP contribution is -2.41.